The van der Waals surface area contributed by atoms with Crippen molar-refractivity contribution in [3.63, 3.8) is 0 Å². The molecule has 0 spiro atoms. The molecule has 1 aromatic heterocycles. The van der Waals surface area contributed by atoms with Gasteiger partial charge < -0.3 is 5.73 Å². The summed E-state index contributed by atoms with van der Waals surface area (Å²) < 4.78 is 38.4. The molecule has 2 nitrogen and oxygen atoms in total. The SMILES string of the molecule is CC(C)[C@H](N)c1cc(F)nc(F)c1F. The first kappa shape index (κ1) is 11.0. The maximum Gasteiger partial charge on any atom is 0.251 e. The number of nitrogens with two attached hydrogens (primary N) is 1. The summed E-state index contributed by atoms with van der Waals surface area (Å²) in [4.78, 5) is 2.71. The lowest BCUT2D eigenvalue weighted by Gasteiger charge is -2.16. The number of nitrogens with zero attached hydrogens (tertiary/aromatic N) is 1. The molecule has 0 aliphatic heterocycles. The summed E-state index contributed by atoms with van der Waals surface area (Å²) in [7, 11) is 0. The zero-order valence-electron chi connectivity index (χ0n) is 7.89. The highest BCUT2D eigenvalue weighted by Crippen LogP contribution is 2.23. The number of rotatable bonds is 2. The van der Waals surface area contributed by atoms with Gasteiger partial charge in [0.1, 0.15) is 0 Å². The molecule has 1 aromatic rings. The third-order valence-corrected chi connectivity index (χ3v) is 1.99. The third-order valence-electron chi connectivity index (χ3n) is 1.99. The van der Waals surface area contributed by atoms with Gasteiger partial charge in [-0.3, -0.25) is 0 Å². The number of hydrogen-bond acceptors (Lipinski definition) is 2. The Bertz CT molecular complexity index is 339. The van der Waals surface area contributed by atoms with Crippen molar-refractivity contribution >= 4 is 0 Å². The van der Waals surface area contributed by atoms with Crippen LogP contribution in [0, 0.1) is 23.6 Å². The maximum atomic E-state index is 13.1. The molecule has 0 saturated heterocycles. The van der Waals surface area contributed by atoms with Gasteiger partial charge in [0.25, 0.3) is 5.95 Å². The van der Waals surface area contributed by atoms with Crippen molar-refractivity contribution in [2.45, 2.75) is 19.9 Å². The van der Waals surface area contributed by atoms with E-state index in [2.05, 4.69) is 4.98 Å². The second-order valence-corrected chi connectivity index (χ2v) is 3.41. The Kier molecular flexibility index (Phi) is 3.10. The molecule has 0 unspecified atom stereocenters. The number of hydrogen-bond donors (Lipinski definition) is 1. The topological polar surface area (TPSA) is 38.9 Å². The average molecular weight is 204 g/mol. The zero-order chi connectivity index (χ0) is 10.9. The van der Waals surface area contributed by atoms with Crippen molar-refractivity contribution in [2.24, 2.45) is 11.7 Å². The summed E-state index contributed by atoms with van der Waals surface area (Å²) >= 11 is 0. The third kappa shape index (κ3) is 2.04. The Balaban J connectivity index is 3.20. The monoisotopic (exact) mass is 204 g/mol. The quantitative estimate of drug-likeness (QED) is 0.749. The Morgan fingerprint density at radius 2 is 1.86 bits per heavy atom. The highest BCUT2D eigenvalue weighted by molar-refractivity contribution is 5.19. The van der Waals surface area contributed by atoms with Crippen LogP contribution in [0.3, 0.4) is 0 Å². The maximum absolute atomic E-state index is 13.1. The van der Waals surface area contributed by atoms with E-state index < -0.39 is 23.8 Å². The fourth-order valence-electron chi connectivity index (χ4n) is 1.09. The van der Waals surface area contributed by atoms with Crippen LogP contribution in [0.15, 0.2) is 6.07 Å². The second-order valence-electron chi connectivity index (χ2n) is 3.41. The molecule has 2 N–H and O–H groups in total. The molecule has 14 heavy (non-hydrogen) atoms. The van der Waals surface area contributed by atoms with Crippen LogP contribution >= 0.6 is 0 Å². The first-order valence-corrected chi connectivity index (χ1v) is 4.20. The number of halogens is 3. The molecule has 5 heteroatoms. The Hall–Kier alpha value is -1.10. The van der Waals surface area contributed by atoms with Crippen LogP contribution in [0.1, 0.15) is 25.5 Å². The van der Waals surface area contributed by atoms with Crippen molar-refractivity contribution in [1.29, 1.82) is 0 Å². The largest absolute Gasteiger partial charge is 0.324 e. The van der Waals surface area contributed by atoms with E-state index >= 15 is 0 Å². The Morgan fingerprint density at radius 3 is 2.36 bits per heavy atom. The van der Waals surface area contributed by atoms with Crippen molar-refractivity contribution in [3.05, 3.63) is 29.3 Å². The van der Waals surface area contributed by atoms with Gasteiger partial charge in [-0.2, -0.15) is 13.8 Å². The fourth-order valence-corrected chi connectivity index (χ4v) is 1.09. The van der Waals surface area contributed by atoms with Crippen LogP contribution in [0.25, 0.3) is 0 Å². The lowest BCUT2D eigenvalue weighted by molar-refractivity contribution is 0.414. The molecule has 0 radical (unpaired) electrons. The molecule has 0 aliphatic carbocycles. The molecule has 78 valence electrons. The predicted molar refractivity (Wildman–Crippen MR) is 45.9 cm³/mol. The summed E-state index contributed by atoms with van der Waals surface area (Å²) in [5.74, 6) is -3.79. The van der Waals surface area contributed by atoms with Crippen LogP contribution in [-0.4, -0.2) is 4.98 Å². The molecular formula is C9H11F3N2. The summed E-state index contributed by atoms with van der Waals surface area (Å²) in [6.07, 6.45) is 0. The Morgan fingerprint density at radius 1 is 1.29 bits per heavy atom. The zero-order valence-corrected chi connectivity index (χ0v) is 7.89. The van der Waals surface area contributed by atoms with Crippen molar-refractivity contribution < 1.29 is 13.2 Å². The minimum atomic E-state index is -1.45. The lowest BCUT2D eigenvalue weighted by atomic mass is 9.97. The minimum Gasteiger partial charge on any atom is -0.324 e. The summed E-state index contributed by atoms with van der Waals surface area (Å²) in [5, 5.41) is 0. The predicted octanol–water partition coefficient (Wildman–Crippen LogP) is 2.15. The second kappa shape index (κ2) is 3.96. The van der Waals surface area contributed by atoms with Crippen molar-refractivity contribution in [2.75, 3.05) is 0 Å². The number of pyridine rings is 1. The van der Waals surface area contributed by atoms with Crippen LogP contribution in [0.4, 0.5) is 13.2 Å². The highest BCUT2D eigenvalue weighted by atomic mass is 19.2. The molecule has 0 fully saturated rings. The van der Waals surface area contributed by atoms with E-state index in [1.807, 2.05) is 0 Å². The van der Waals surface area contributed by atoms with Crippen LogP contribution in [0.5, 0.6) is 0 Å². The normalized spacial score (nSPS) is 13.4. The fraction of sp³-hybridized carbons (Fsp3) is 0.444. The van der Waals surface area contributed by atoms with Crippen molar-refractivity contribution in [1.82, 2.24) is 4.98 Å². The van der Waals surface area contributed by atoms with E-state index in [1.54, 1.807) is 13.8 Å². The van der Waals surface area contributed by atoms with Gasteiger partial charge in [0, 0.05) is 17.7 Å². The van der Waals surface area contributed by atoms with E-state index in [-0.39, 0.29) is 11.5 Å². The molecular weight excluding hydrogens is 193 g/mol. The smallest absolute Gasteiger partial charge is 0.251 e. The van der Waals surface area contributed by atoms with Crippen LogP contribution < -0.4 is 5.73 Å². The molecule has 0 amide bonds. The van der Waals surface area contributed by atoms with Gasteiger partial charge in [0.15, 0.2) is 5.82 Å². The molecule has 1 atom stereocenters. The van der Waals surface area contributed by atoms with Gasteiger partial charge in [0.05, 0.1) is 0 Å². The molecule has 1 rings (SSSR count). The average Bonchev–Trinajstić information content (AvgIpc) is 2.09. The minimum absolute atomic E-state index is 0.106. The van der Waals surface area contributed by atoms with Gasteiger partial charge in [-0.05, 0) is 5.92 Å². The highest BCUT2D eigenvalue weighted by Gasteiger charge is 2.20. The number of aromatic nitrogens is 1. The molecule has 0 aliphatic rings. The summed E-state index contributed by atoms with van der Waals surface area (Å²) in [5.41, 5.74) is 5.40. The molecule has 1 heterocycles. The summed E-state index contributed by atoms with van der Waals surface area (Å²) in [6, 6.07) is 0.0882. The Labute approximate surface area is 79.9 Å². The van der Waals surface area contributed by atoms with Gasteiger partial charge >= 0.3 is 0 Å². The van der Waals surface area contributed by atoms with Gasteiger partial charge in [0.2, 0.25) is 5.95 Å². The standard InChI is InChI=1S/C9H11F3N2/c1-4(2)8(13)5-3-6(10)14-9(12)7(5)11/h3-4,8H,13H2,1-2H3/t8-/m0/s1. The first-order chi connectivity index (χ1) is 6.43. The van der Waals surface area contributed by atoms with E-state index in [9.17, 15) is 13.2 Å². The van der Waals surface area contributed by atoms with E-state index in [0.717, 1.165) is 6.07 Å². The first-order valence-electron chi connectivity index (χ1n) is 4.20. The van der Waals surface area contributed by atoms with E-state index in [4.69, 9.17) is 5.73 Å². The van der Waals surface area contributed by atoms with Crippen molar-refractivity contribution in [3.8, 4) is 0 Å². The molecule has 0 aromatic carbocycles. The molecule has 0 bridgehead atoms. The van der Waals surface area contributed by atoms with Gasteiger partial charge in [-0.15, -0.1) is 0 Å². The van der Waals surface area contributed by atoms with Gasteiger partial charge in [-0.1, -0.05) is 13.8 Å². The summed E-state index contributed by atoms with van der Waals surface area (Å²) in [6.45, 7) is 3.47. The van der Waals surface area contributed by atoms with E-state index in [0.29, 0.717) is 0 Å². The van der Waals surface area contributed by atoms with Gasteiger partial charge in [-0.25, -0.2) is 4.39 Å². The lowest BCUT2D eigenvalue weighted by Crippen LogP contribution is -2.19. The van der Waals surface area contributed by atoms with Crippen LogP contribution in [-0.2, 0) is 0 Å². The molecule has 0 saturated carbocycles. The van der Waals surface area contributed by atoms with Crippen LogP contribution in [0.2, 0.25) is 0 Å². The van der Waals surface area contributed by atoms with E-state index in [1.165, 1.54) is 0 Å².